The monoisotopic (exact) mass is 385 g/mol. The summed E-state index contributed by atoms with van der Waals surface area (Å²) in [6.45, 7) is 2.79. The van der Waals surface area contributed by atoms with E-state index in [1.54, 1.807) is 11.0 Å². The van der Waals surface area contributed by atoms with E-state index < -0.39 is 12.0 Å². The van der Waals surface area contributed by atoms with Crippen molar-refractivity contribution in [3.63, 3.8) is 0 Å². The second-order valence-corrected chi connectivity index (χ2v) is 6.67. The largest absolute Gasteiger partial charge is 0.477 e. The van der Waals surface area contributed by atoms with Crippen LogP contribution in [-0.2, 0) is 16.1 Å². The van der Waals surface area contributed by atoms with Gasteiger partial charge >= 0.3 is 5.97 Å². The molecule has 2 aromatic rings. The Hall–Kier alpha value is -2.86. The predicted molar refractivity (Wildman–Crippen MR) is 105 cm³/mol. The van der Waals surface area contributed by atoms with E-state index >= 15 is 0 Å². The molecule has 1 unspecified atom stereocenters. The third-order valence-electron chi connectivity index (χ3n) is 4.42. The van der Waals surface area contributed by atoms with Crippen LogP contribution in [0.1, 0.15) is 18.9 Å². The number of benzene rings is 2. The van der Waals surface area contributed by atoms with Gasteiger partial charge in [0.1, 0.15) is 11.8 Å². The number of nitrogens with zero attached hydrogens (tertiary/aromatic N) is 3. The van der Waals surface area contributed by atoms with Gasteiger partial charge in [0.15, 0.2) is 0 Å². The Morgan fingerprint density at radius 3 is 2.59 bits per heavy atom. The number of carbonyl (C=O) groups excluding carboxylic acids is 1. The highest BCUT2D eigenvalue weighted by atomic mass is 35.5. The Morgan fingerprint density at radius 1 is 1.22 bits per heavy atom. The molecule has 27 heavy (non-hydrogen) atoms. The fourth-order valence-corrected chi connectivity index (χ4v) is 3.28. The molecule has 140 valence electrons. The van der Waals surface area contributed by atoms with Crippen molar-refractivity contribution in [3.05, 3.63) is 65.2 Å². The summed E-state index contributed by atoms with van der Waals surface area (Å²) in [4.78, 5) is 26.3. The van der Waals surface area contributed by atoms with Crippen LogP contribution in [0.2, 0.25) is 5.02 Å². The summed E-state index contributed by atoms with van der Waals surface area (Å²) in [6, 6.07) is 15.8. The maximum absolute atomic E-state index is 13.2. The van der Waals surface area contributed by atoms with Crippen LogP contribution in [0.25, 0.3) is 0 Å². The lowest BCUT2D eigenvalue weighted by Crippen LogP contribution is -2.45. The lowest BCUT2D eigenvalue weighted by molar-refractivity contribution is -0.132. The van der Waals surface area contributed by atoms with Crippen molar-refractivity contribution in [1.29, 1.82) is 0 Å². The van der Waals surface area contributed by atoms with Gasteiger partial charge in [0.25, 0.3) is 0 Å². The number of amides is 1. The normalized spacial score (nSPS) is 16.1. The molecule has 1 aliphatic rings. The van der Waals surface area contributed by atoms with Crippen molar-refractivity contribution in [3.8, 4) is 0 Å². The standard InChI is InChI=1S/C20H20ClN3O3/c1-2-23(13-14-7-6-8-15(21)11-14)19(25)18-12-17(20(26)27)22-24(18)16-9-4-3-5-10-16/h3-11,18H,2,12-13H2,1H3,(H,26,27). The van der Waals surface area contributed by atoms with Crippen LogP contribution in [0.15, 0.2) is 59.7 Å². The molecule has 0 spiro atoms. The minimum atomic E-state index is -1.11. The molecule has 7 heteroatoms. The zero-order valence-corrected chi connectivity index (χ0v) is 15.6. The highest BCUT2D eigenvalue weighted by molar-refractivity contribution is 6.37. The Kier molecular flexibility index (Phi) is 5.76. The molecule has 0 fully saturated rings. The first-order chi connectivity index (χ1) is 13.0. The number of carboxylic acids is 1. The number of hydrazone groups is 1. The van der Waals surface area contributed by atoms with Gasteiger partial charge in [-0.05, 0) is 36.8 Å². The molecule has 0 aromatic heterocycles. The molecular weight excluding hydrogens is 366 g/mol. The van der Waals surface area contributed by atoms with E-state index in [1.165, 1.54) is 5.01 Å². The zero-order chi connectivity index (χ0) is 19.4. The molecular formula is C20H20ClN3O3. The molecule has 1 heterocycles. The zero-order valence-electron chi connectivity index (χ0n) is 14.9. The number of para-hydroxylation sites is 1. The van der Waals surface area contributed by atoms with E-state index in [4.69, 9.17) is 11.6 Å². The minimum absolute atomic E-state index is 0.0176. The van der Waals surface area contributed by atoms with Gasteiger partial charge in [-0.2, -0.15) is 5.10 Å². The highest BCUT2D eigenvalue weighted by Crippen LogP contribution is 2.26. The van der Waals surface area contributed by atoms with Crippen molar-refractivity contribution in [2.75, 3.05) is 11.6 Å². The van der Waals surface area contributed by atoms with Gasteiger partial charge in [-0.15, -0.1) is 0 Å². The SMILES string of the molecule is CCN(Cc1cccc(Cl)c1)C(=O)C1CC(C(=O)O)=NN1c1ccccc1. The number of carboxylic acid groups (broad SMARTS) is 1. The third kappa shape index (κ3) is 4.28. The summed E-state index contributed by atoms with van der Waals surface area (Å²) < 4.78 is 0. The molecule has 1 N–H and O–H groups in total. The summed E-state index contributed by atoms with van der Waals surface area (Å²) in [5, 5.41) is 15.6. The Labute approximate surface area is 162 Å². The smallest absolute Gasteiger partial charge is 0.352 e. The van der Waals surface area contributed by atoms with Gasteiger partial charge < -0.3 is 10.0 Å². The Balaban J connectivity index is 1.85. The lowest BCUT2D eigenvalue weighted by atomic mass is 10.1. The number of anilines is 1. The second-order valence-electron chi connectivity index (χ2n) is 6.23. The molecule has 0 aliphatic carbocycles. The Morgan fingerprint density at radius 2 is 1.96 bits per heavy atom. The number of aliphatic carboxylic acids is 1. The summed E-state index contributed by atoms with van der Waals surface area (Å²) >= 11 is 6.04. The molecule has 1 amide bonds. The first-order valence-electron chi connectivity index (χ1n) is 8.68. The summed E-state index contributed by atoms with van der Waals surface area (Å²) in [6.07, 6.45) is 0.0646. The van der Waals surface area contributed by atoms with E-state index in [0.717, 1.165) is 5.56 Å². The number of halogens is 1. The fourth-order valence-electron chi connectivity index (χ4n) is 3.06. The molecule has 0 radical (unpaired) electrons. The maximum Gasteiger partial charge on any atom is 0.352 e. The van der Waals surface area contributed by atoms with E-state index in [-0.39, 0.29) is 18.0 Å². The van der Waals surface area contributed by atoms with Crippen LogP contribution in [0.3, 0.4) is 0 Å². The number of hydrogen-bond donors (Lipinski definition) is 1. The van der Waals surface area contributed by atoms with Gasteiger partial charge in [-0.25, -0.2) is 4.79 Å². The molecule has 1 atom stereocenters. The van der Waals surface area contributed by atoms with Crippen LogP contribution in [0.5, 0.6) is 0 Å². The van der Waals surface area contributed by atoms with Crippen molar-refractivity contribution in [2.45, 2.75) is 25.9 Å². The summed E-state index contributed by atoms with van der Waals surface area (Å²) in [7, 11) is 0. The topological polar surface area (TPSA) is 73.2 Å². The van der Waals surface area contributed by atoms with Crippen molar-refractivity contribution in [2.24, 2.45) is 5.10 Å². The predicted octanol–water partition coefficient (Wildman–Crippen LogP) is 3.41. The molecule has 2 aromatic carbocycles. The van der Waals surface area contributed by atoms with Crippen molar-refractivity contribution < 1.29 is 14.7 Å². The van der Waals surface area contributed by atoms with Gasteiger partial charge in [0, 0.05) is 24.5 Å². The lowest BCUT2D eigenvalue weighted by Gasteiger charge is -2.29. The van der Waals surface area contributed by atoms with Crippen molar-refractivity contribution >= 4 is 34.9 Å². The van der Waals surface area contributed by atoms with Gasteiger partial charge in [-0.1, -0.05) is 41.9 Å². The molecule has 0 saturated heterocycles. The van der Waals surface area contributed by atoms with Gasteiger partial charge in [0.05, 0.1) is 5.69 Å². The first kappa shape index (κ1) is 18.9. The number of hydrogen-bond acceptors (Lipinski definition) is 4. The molecule has 3 rings (SSSR count). The number of likely N-dealkylation sites (N-methyl/N-ethyl adjacent to an activating group) is 1. The van der Waals surface area contributed by atoms with E-state index in [1.807, 2.05) is 55.5 Å². The van der Waals surface area contributed by atoms with E-state index in [0.29, 0.717) is 23.8 Å². The maximum atomic E-state index is 13.2. The molecule has 0 bridgehead atoms. The van der Waals surface area contributed by atoms with Crippen LogP contribution in [-0.4, -0.2) is 40.2 Å². The Bertz CT molecular complexity index is 870. The van der Waals surface area contributed by atoms with Gasteiger partial charge in [0.2, 0.25) is 5.91 Å². The number of carbonyl (C=O) groups is 2. The second kappa shape index (κ2) is 8.22. The average molecular weight is 386 g/mol. The van der Waals surface area contributed by atoms with E-state index in [9.17, 15) is 14.7 Å². The van der Waals surface area contributed by atoms with Crippen LogP contribution < -0.4 is 5.01 Å². The van der Waals surface area contributed by atoms with Gasteiger partial charge in [-0.3, -0.25) is 9.80 Å². The van der Waals surface area contributed by atoms with Crippen LogP contribution in [0.4, 0.5) is 5.69 Å². The summed E-state index contributed by atoms with van der Waals surface area (Å²) in [5.74, 6) is -1.27. The third-order valence-corrected chi connectivity index (χ3v) is 4.65. The quantitative estimate of drug-likeness (QED) is 0.827. The highest BCUT2D eigenvalue weighted by Gasteiger charge is 2.38. The van der Waals surface area contributed by atoms with E-state index in [2.05, 4.69) is 5.10 Å². The average Bonchev–Trinajstić information content (AvgIpc) is 3.12. The molecule has 6 nitrogen and oxygen atoms in total. The first-order valence-corrected chi connectivity index (χ1v) is 9.05. The summed E-state index contributed by atoms with van der Waals surface area (Å²) in [5.41, 5.74) is 1.59. The van der Waals surface area contributed by atoms with Crippen LogP contribution >= 0.6 is 11.6 Å². The fraction of sp³-hybridized carbons (Fsp3) is 0.250. The van der Waals surface area contributed by atoms with Crippen molar-refractivity contribution in [1.82, 2.24) is 4.90 Å². The minimum Gasteiger partial charge on any atom is -0.477 e. The number of rotatable bonds is 6. The van der Waals surface area contributed by atoms with Crippen LogP contribution in [0, 0.1) is 0 Å². The molecule has 1 aliphatic heterocycles. The molecule has 0 saturated carbocycles.